The first-order chi connectivity index (χ1) is 8.81. The number of fused-ring (bicyclic) bond motifs is 1. The Labute approximate surface area is 106 Å². The molecule has 1 aromatic rings. The van der Waals surface area contributed by atoms with Crippen molar-refractivity contribution in [2.45, 2.75) is 13.0 Å². The number of benzene rings is 1. The summed E-state index contributed by atoms with van der Waals surface area (Å²) in [5, 5.41) is 0. The van der Waals surface area contributed by atoms with Gasteiger partial charge >= 0.3 is 0 Å². The van der Waals surface area contributed by atoms with E-state index in [1.54, 1.807) is 12.1 Å². The van der Waals surface area contributed by atoms with Crippen molar-refractivity contribution < 1.29 is 13.9 Å². The standard InChI is InChI=1S/C14H18FNO2/c15-13-1-2-14-12(7-13)9-16(4-6-18-14)8-11-3-5-17-10-11/h1-2,7,11H,3-6,8-10H2/t11-/m1/s1. The van der Waals surface area contributed by atoms with Crippen LogP contribution in [0.25, 0.3) is 0 Å². The summed E-state index contributed by atoms with van der Waals surface area (Å²) in [7, 11) is 0. The summed E-state index contributed by atoms with van der Waals surface area (Å²) in [6, 6.07) is 4.77. The molecule has 2 aliphatic rings. The SMILES string of the molecule is Fc1ccc2c(c1)CN(C[C@H]1CCOC1)CCO2. The lowest BCUT2D eigenvalue weighted by Gasteiger charge is -2.22. The minimum atomic E-state index is -0.191. The highest BCUT2D eigenvalue weighted by molar-refractivity contribution is 5.34. The quantitative estimate of drug-likeness (QED) is 0.803. The average Bonchev–Trinajstić information content (AvgIpc) is 2.76. The van der Waals surface area contributed by atoms with Gasteiger partial charge in [0.1, 0.15) is 18.2 Å². The van der Waals surface area contributed by atoms with Crippen molar-refractivity contribution >= 4 is 0 Å². The van der Waals surface area contributed by atoms with Gasteiger partial charge in [0, 0.05) is 31.8 Å². The predicted octanol–water partition coefficient (Wildman–Crippen LogP) is 2.06. The monoisotopic (exact) mass is 251 g/mol. The Kier molecular flexibility index (Phi) is 3.48. The molecule has 1 aromatic carbocycles. The second kappa shape index (κ2) is 5.24. The van der Waals surface area contributed by atoms with Crippen LogP contribution in [-0.2, 0) is 11.3 Å². The minimum Gasteiger partial charge on any atom is -0.492 e. The van der Waals surface area contributed by atoms with Gasteiger partial charge in [-0.1, -0.05) is 0 Å². The van der Waals surface area contributed by atoms with Gasteiger partial charge in [0.15, 0.2) is 0 Å². The van der Waals surface area contributed by atoms with Crippen LogP contribution in [0.3, 0.4) is 0 Å². The summed E-state index contributed by atoms with van der Waals surface area (Å²) in [6.45, 7) is 5.08. The van der Waals surface area contributed by atoms with Crippen LogP contribution in [0.2, 0.25) is 0 Å². The van der Waals surface area contributed by atoms with Crippen molar-refractivity contribution in [2.24, 2.45) is 5.92 Å². The van der Waals surface area contributed by atoms with Crippen LogP contribution in [-0.4, -0.2) is 37.8 Å². The number of nitrogens with zero attached hydrogens (tertiary/aromatic N) is 1. The molecule has 0 radical (unpaired) electrons. The zero-order valence-corrected chi connectivity index (χ0v) is 10.4. The van der Waals surface area contributed by atoms with Crippen LogP contribution >= 0.6 is 0 Å². The van der Waals surface area contributed by atoms with Crippen molar-refractivity contribution in [1.29, 1.82) is 0 Å². The fourth-order valence-corrected chi connectivity index (χ4v) is 2.67. The van der Waals surface area contributed by atoms with Crippen molar-refractivity contribution in [1.82, 2.24) is 4.90 Å². The van der Waals surface area contributed by atoms with E-state index in [9.17, 15) is 4.39 Å². The molecule has 2 heterocycles. The highest BCUT2D eigenvalue weighted by Crippen LogP contribution is 2.25. The molecule has 3 rings (SSSR count). The summed E-state index contributed by atoms with van der Waals surface area (Å²) in [4.78, 5) is 2.34. The zero-order chi connectivity index (χ0) is 12.4. The molecular weight excluding hydrogens is 233 g/mol. The summed E-state index contributed by atoms with van der Waals surface area (Å²) < 4.78 is 24.3. The Morgan fingerprint density at radius 2 is 2.28 bits per heavy atom. The van der Waals surface area contributed by atoms with Gasteiger partial charge in [-0.25, -0.2) is 4.39 Å². The number of halogens is 1. The molecule has 0 aromatic heterocycles. The molecule has 1 saturated heterocycles. The first kappa shape index (κ1) is 11.9. The summed E-state index contributed by atoms with van der Waals surface area (Å²) in [5.41, 5.74) is 0.950. The van der Waals surface area contributed by atoms with Crippen LogP contribution in [0.1, 0.15) is 12.0 Å². The second-order valence-corrected chi connectivity index (χ2v) is 5.07. The van der Waals surface area contributed by atoms with Crippen molar-refractivity contribution in [2.75, 3.05) is 32.9 Å². The van der Waals surface area contributed by atoms with Crippen LogP contribution in [0.4, 0.5) is 4.39 Å². The maximum Gasteiger partial charge on any atom is 0.124 e. The lowest BCUT2D eigenvalue weighted by Crippen LogP contribution is -2.31. The van der Waals surface area contributed by atoms with Crippen molar-refractivity contribution in [3.05, 3.63) is 29.6 Å². The Bertz CT molecular complexity index is 418. The van der Waals surface area contributed by atoms with Gasteiger partial charge < -0.3 is 9.47 Å². The van der Waals surface area contributed by atoms with Gasteiger partial charge in [-0.05, 0) is 30.5 Å². The Morgan fingerprint density at radius 1 is 1.33 bits per heavy atom. The maximum atomic E-state index is 13.3. The van der Waals surface area contributed by atoms with E-state index in [1.165, 1.54) is 6.07 Å². The molecule has 0 spiro atoms. The molecule has 1 atom stereocenters. The van der Waals surface area contributed by atoms with Gasteiger partial charge in [0.2, 0.25) is 0 Å². The molecule has 0 unspecified atom stereocenters. The first-order valence-electron chi connectivity index (χ1n) is 6.52. The van der Waals surface area contributed by atoms with E-state index >= 15 is 0 Å². The van der Waals surface area contributed by atoms with E-state index < -0.39 is 0 Å². The lowest BCUT2D eigenvalue weighted by molar-refractivity contribution is 0.159. The second-order valence-electron chi connectivity index (χ2n) is 5.07. The molecule has 0 saturated carbocycles. The van der Waals surface area contributed by atoms with Gasteiger partial charge in [-0.15, -0.1) is 0 Å². The van der Waals surface area contributed by atoms with Crippen LogP contribution in [0, 0.1) is 11.7 Å². The Hall–Kier alpha value is -1.13. The van der Waals surface area contributed by atoms with E-state index in [1.807, 2.05) is 0 Å². The largest absolute Gasteiger partial charge is 0.492 e. The molecule has 1 fully saturated rings. The highest BCUT2D eigenvalue weighted by Gasteiger charge is 2.22. The molecule has 0 amide bonds. The van der Waals surface area contributed by atoms with Crippen molar-refractivity contribution in [3.8, 4) is 5.75 Å². The van der Waals surface area contributed by atoms with Crippen LogP contribution < -0.4 is 4.74 Å². The van der Waals surface area contributed by atoms with Crippen molar-refractivity contribution in [3.63, 3.8) is 0 Å². The topological polar surface area (TPSA) is 21.7 Å². The first-order valence-corrected chi connectivity index (χ1v) is 6.52. The Morgan fingerprint density at radius 3 is 3.11 bits per heavy atom. The molecule has 0 N–H and O–H groups in total. The van der Waals surface area contributed by atoms with Gasteiger partial charge in [0.05, 0.1) is 6.61 Å². The molecule has 0 aliphatic carbocycles. The van der Waals surface area contributed by atoms with E-state index in [2.05, 4.69) is 4.90 Å². The lowest BCUT2D eigenvalue weighted by atomic mass is 10.1. The van der Waals surface area contributed by atoms with E-state index in [0.29, 0.717) is 12.5 Å². The molecule has 2 aliphatic heterocycles. The maximum absolute atomic E-state index is 13.3. The molecule has 98 valence electrons. The molecule has 3 nitrogen and oxygen atoms in total. The number of hydrogen-bond donors (Lipinski definition) is 0. The smallest absolute Gasteiger partial charge is 0.124 e. The van der Waals surface area contributed by atoms with Crippen LogP contribution in [0.5, 0.6) is 5.75 Å². The Balaban J connectivity index is 1.70. The molecule has 4 heteroatoms. The minimum absolute atomic E-state index is 0.191. The van der Waals surface area contributed by atoms with E-state index in [0.717, 1.165) is 50.6 Å². The highest BCUT2D eigenvalue weighted by atomic mass is 19.1. The molecular formula is C14H18FNO2. The fourth-order valence-electron chi connectivity index (χ4n) is 2.67. The van der Waals surface area contributed by atoms with E-state index in [4.69, 9.17) is 9.47 Å². The third kappa shape index (κ3) is 2.65. The summed E-state index contributed by atoms with van der Waals surface area (Å²) in [5.74, 6) is 1.24. The molecule has 0 bridgehead atoms. The zero-order valence-electron chi connectivity index (χ0n) is 10.4. The predicted molar refractivity (Wildman–Crippen MR) is 66.1 cm³/mol. The average molecular weight is 251 g/mol. The van der Waals surface area contributed by atoms with Gasteiger partial charge in [-0.3, -0.25) is 4.90 Å². The third-order valence-electron chi connectivity index (χ3n) is 3.62. The number of rotatable bonds is 2. The number of hydrogen-bond acceptors (Lipinski definition) is 3. The summed E-state index contributed by atoms with van der Waals surface area (Å²) >= 11 is 0. The molecule has 18 heavy (non-hydrogen) atoms. The van der Waals surface area contributed by atoms with E-state index in [-0.39, 0.29) is 5.82 Å². The normalized spacial score (nSPS) is 24.4. The number of ether oxygens (including phenoxy) is 2. The van der Waals surface area contributed by atoms with Gasteiger partial charge in [-0.2, -0.15) is 0 Å². The van der Waals surface area contributed by atoms with Gasteiger partial charge in [0.25, 0.3) is 0 Å². The third-order valence-corrected chi connectivity index (χ3v) is 3.62. The van der Waals surface area contributed by atoms with Crippen LogP contribution in [0.15, 0.2) is 18.2 Å². The summed E-state index contributed by atoms with van der Waals surface area (Å²) in [6.07, 6.45) is 1.13. The fraction of sp³-hybridized carbons (Fsp3) is 0.571.